The fourth-order valence-corrected chi connectivity index (χ4v) is 1.81. The van der Waals surface area contributed by atoms with E-state index in [1.54, 1.807) is 0 Å². The van der Waals surface area contributed by atoms with Gasteiger partial charge in [0.15, 0.2) is 0 Å². The van der Waals surface area contributed by atoms with Gasteiger partial charge in [0.25, 0.3) is 5.95 Å². The molecule has 2 nitrogen and oxygen atoms in total. The minimum atomic E-state index is -1.59. The molecular weight excluding hydrogens is 204 g/mol. The summed E-state index contributed by atoms with van der Waals surface area (Å²) in [5.74, 6) is 1.41. The summed E-state index contributed by atoms with van der Waals surface area (Å²) >= 11 is 0. The van der Waals surface area contributed by atoms with Crippen LogP contribution < -0.4 is 4.74 Å². The molecule has 0 bridgehead atoms. The largest absolute Gasteiger partial charge is 0.520 e. The normalized spacial score (nSPS) is 12.4. The van der Waals surface area contributed by atoms with Gasteiger partial charge in [-0.1, -0.05) is 18.2 Å². The van der Waals surface area contributed by atoms with Gasteiger partial charge in [0.1, 0.15) is 5.75 Å². The van der Waals surface area contributed by atoms with Crippen LogP contribution in [0.15, 0.2) is 42.4 Å². The van der Waals surface area contributed by atoms with Crippen LogP contribution in [0, 0.1) is 0 Å². The van der Waals surface area contributed by atoms with Crippen LogP contribution in [-0.4, -0.2) is 8.32 Å². The predicted molar refractivity (Wildman–Crippen MR) is 65.3 cm³/mol. The van der Waals surface area contributed by atoms with Crippen LogP contribution in [0.25, 0.3) is 0 Å². The zero-order chi connectivity index (χ0) is 11.3. The van der Waals surface area contributed by atoms with E-state index < -0.39 is 8.32 Å². The molecular formula is C12H18O2Si. The van der Waals surface area contributed by atoms with Gasteiger partial charge in [0, 0.05) is 0 Å². The Morgan fingerprint density at radius 1 is 1.13 bits per heavy atom. The summed E-state index contributed by atoms with van der Waals surface area (Å²) in [6.07, 6.45) is 1.85. The first-order chi connectivity index (χ1) is 7.01. The topological polar surface area (TPSA) is 18.5 Å². The molecule has 0 saturated carbocycles. The second-order valence-electron chi connectivity index (χ2n) is 4.24. The lowest BCUT2D eigenvalue weighted by molar-refractivity contribution is 0.220. The second kappa shape index (κ2) is 5.03. The third-order valence-electron chi connectivity index (χ3n) is 1.60. The third kappa shape index (κ3) is 4.70. The summed E-state index contributed by atoms with van der Waals surface area (Å²) in [6.45, 7) is 8.30. The van der Waals surface area contributed by atoms with Crippen LogP contribution in [0.5, 0.6) is 5.75 Å². The molecule has 0 unspecified atom stereocenters. The fraction of sp³-hybridized carbons (Fsp3) is 0.333. The Labute approximate surface area is 92.7 Å². The molecule has 1 aromatic carbocycles. The number of hydrogen-bond donors (Lipinski definition) is 0. The van der Waals surface area contributed by atoms with Crippen molar-refractivity contribution in [1.29, 1.82) is 0 Å². The Kier molecular flexibility index (Phi) is 3.97. The van der Waals surface area contributed by atoms with Crippen LogP contribution in [0.2, 0.25) is 19.6 Å². The number of ether oxygens (including phenoxy) is 1. The molecule has 0 heterocycles. The van der Waals surface area contributed by atoms with Gasteiger partial charge in [-0.25, -0.2) is 0 Å². The molecule has 0 saturated heterocycles. The van der Waals surface area contributed by atoms with Gasteiger partial charge >= 0.3 is 0 Å². The number of benzene rings is 1. The number of hydrogen-bond acceptors (Lipinski definition) is 2. The summed E-state index contributed by atoms with van der Waals surface area (Å²) in [5, 5.41) is 0. The van der Waals surface area contributed by atoms with E-state index in [0.717, 1.165) is 5.75 Å². The van der Waals surface area contributed by atoms with Crippen molar-refractivity contribution < 1.29 is 9.16 Å². The highest BCUT2D eigenvalue weighted by Crippen LogP contribution is 2.16. The SMILES string of the molecule is C/C=C(/Oc1ccccc1)O[Si](C)(C)C. The van der Waals surface area contributed by atoms with Crippen molar-refractivity contribution in [3.63, 3.8) is 0 Å². The van der Waals surface area contributed by atoms with E-state index in [9.17, 15) is 0 Å². The first kappa shape index (κ1) is 11.8. The Bertz CT molecular complexity index is 325. The summed E-state index contributed by atoms with van der Waals surface area (Å²) < 4.78 is 11.4. The average molecular weight is 222 g/mol. The van der Waals surface area contributed by atoms with Crippen molar-refractivity contribution in [2.24, 2.45) is 0 Å². The van der Waals surface area contributed by atoms with Gasteiger partial charge < -0.3 is 9.16 Å². The first-order valence-corrected chi connectivity index (χ1v) is 8.50. The van der Waals surface area contributed by atoms with Crippen molar-refractivity contribution in [3.05, 3.63) is 42.4 Å². The van der Waals surface area contributed by atoms with Crippen molar-refractivity contribution in [2.45, 2.75) is 26.6 Å². The highest BCUT2D eigenvalue weighted by Gasteiger charge is 2.18. The van der Waals surface area contributed by atoms with E-state index in [2.05, 4.69) is 19.6 Å². The molecule has 15 heavy (non-hydrogen) atoms. The maximum atomic E-state index is 5.77. The molecule has 0 fully saturated rings. The fourth-order valence-electron chi connectivity index (χ4n) is 1.05. The van der Waals surface area contributed by atoms with Crippen LogP contribution in [0.3, 0.4) is 0 Å². The molecule has 0 N–H and O–H groups in total. The van der Waals surface area contributed by atoms with E-state index >= 15 is 0 Å². The van der Waals surface area contributed by atoms with Crippen molar-refractivity contribution >= 4 is 8.32 Å². The van der Waals surface area contributed by atoms with E-state index in [1.807, 2.05) is 43.3 Å². The third-order valence-corrected chi connectivity index (χ3v) is 2.42. The second-order valence-corrected chi connectivity index (χ2v) is 8.67. The Balaban J connectivity index is 2.64. The molecule has 1 rings (SSSR count). The lowest BCUT2D eigenvalue weighted by Gasteiger charge is -2.21. The van der Waals surface area contributed by atoms with Gasteiger partial charge in [0.05, 0.1) is 0 Å². The monoisotopic (exact) mass is 222 g/mol. The minimum Gasteiger partial charge on any atom is -0.520 e. The molecule has 0 aliphatic rings. The van der Waals surface area contributed by atoms with Crippen molar-refractivity contribution in [2.75, 3.05) is 0 Å². The highest BCUT2D eigenvalue weighted by atomic mass is 28.4. The Morgan fingerprint density at radius 3 is 2.20 bits per heavy atom. The van der Waals surface area contributed by atoms with Crippen LogP contribution in [-0.2, 0) is 4.43 Å². The molecule has 82 valence electrons. The zero-order valence-corrected chi connectivity index (χ0v) is 10.8. The number of allylic oxidation sites excluding steroid dienone is 1. The van der Waals surface area contributed by atoms with Gasteiger partial charge in [-0.3, -0.25) is 0 Å². The van der Waals surface area contributed by atoms with Gasteiger partial charge in [-0.05, 0) is 44.8 Å². The summed E-state index contributed by atoms with van der Waals surface area (Å²) in [6, 6.07) is 9.67. The lowest BCUT2D eigenvalue weighted by Crippen LogP contribution is -2.26. The molecule has 0 radical (unpaired) electrons. The van der Waals surface area contributed by atoms with Crippen molar-refractivity contribution in [3.8, 4) is 5.75 Å². The maximum Gasteiger partial charge on any atom is 0.266 e. The molecule has 0 atom stereocenters. The molecule has 0 aliphatic heterocycles. The molecule has 0 amide bonds. The van der Waals surface area contributed by atoms with E-state index in [-0.39, 0.29) is 0 Å². The first-order valence-electron chi connectivity index (χ1n) is 5.09. The molecule has 3 heteroatoms. The van der Waals surface area contributed by atoms with Gasteiger partial charge in [-0.15, -0.1) is 0 Å². The maximum absolute atomic E-state index is 5.77. The van der Waals surface area contributed by atoms with E-state index in [1.165, 1.54) is 0 Å². The lowest BCUT2D eigenvalue weighted by atomic mass is 10.3. The van der Waals surface area contributed by atoms with Crippen molar-refractivity contribution in [1.82, 2.24) is 0 Å². The summed E-state index contributed by atoms with van der Waals surface area (Å²) in [4.78, 5) is 0. The summed E-state index contributed by atoms with van der Waals surface area (Å²) in [5.41, 5.74) is 0. The highest BCUT2D eigenvalue weighted by molar-refractivity contribution is 6.70. The average Bonchev–Trinajstić information content (AvgIpc) is 2.16. The standard InChI is InChI=1S/C12H18O2Si/c1-5-12(14-15(2,3)4)13-11-9-7-6-8-10-11/h5-10H,1-4H3/b12-5-. The number of rotatable bonds is 4. The summed E-state index contributed by atoms with van der Waals surface area (Å²) in [7, 11) is -1.59. The Morgan fingerprint density at radius 2 is 1.73 bits per heavy atom. The van der Waals surface area contributed by atoms with Gasteiger partial charge in [-0.2, -0.15) is 0 Å². The molecule has 0 spiro atoms. The molecule has 0 aliphatic carbocycles. The van der Waals surface area contributed by atoms with Crippen LogP contribution in [0.4, 0.5) is 0 Å². The van der Waals surface area contributed by atoms with Crippen LogP contribution in [0.1, 0.15) is 6.92 Å². The van der Waals surface area contributed by atoms with E-state index in [0.29, 0.717) is 5.95 Å². The quantitative estimate of drug-likeness (QED) is 0.570. The van der Waals surface area contributed by atoms with Gasteiger partial charge in [0.2, 0.25) is 8.32 Å². The minimum absolute atomic E-state index is 0.598. The predicted octanol–water partition coefficient (Wildman–Crippen LogP) is 3.78. The Hall–Kier alpha value is -1.22. The smallest absolute Gasteiger partial charge is 0.266 e. The molecule has 1 aromatic rings. The number of para-hydroxylation sites is 1. The molecule has 0 aromatic heterocycles. The van der Waals surface area contributed by atoms with E-state index in [4.69, 9.17) is 9.16 Å². The zero-order valence-electron chi connectivity index (χ0n) is 9.78. The van der Waals surface area contributed by atoms with Crippen LogP contribution >= 0.6 is 0 Å².